The molecule has 0 fully saturated rings. The van der Waals surface area contributed by atoms with E-state index in [0.717, 1.165) is 35.5 Å². The average Bonchev–Trinajstić information content (AvgIpc) is 3.24. The highest BCUT2D eigenvalue weighted by Crippen LogP contribution is 2.33. The Hall–Kier alpha value is -2.87. The van der Waals surface area contributed by atoms with Crippen LogP contribution in [0.3, 0.4) is 0 Å². The first-order valence-electron chi connectivity index (χ1n) is 12.5. The van der Waals surface area contributed by atoms with Crippen molar-refractivity contribution in [1.82, 2.24) is 14.7 Å². The number of aromatic nitrogens is 2. The van der Waals surface area contributed by atoms with E-state index >= 15 is 0 Å². The molecule has 0 spiro atoms. The molecule has 7 heteroatoms. The first-order valence-corrected chi connectivity index (χ1v) is 12.5. The van der Waals surface area contributed by atoms with Gasteiger partial charge in [0.1, 0.15) is 11.5 Å². The van der Waals surface area contributed by atoms with Crippen LogP contribution in [0.4, 0.5) is 0 Å². The summed E-state index contributed by atoms with van der Waals surface area (Å²) in [6, 6.07) is 17.9. The highest BCUT2D eigenvalue weighted by molar-refractivity contribution is 5.44. The summed E-state index contributed by atoms with van der Waals surface area (Å²) >= 11 is 0. The van der Waals surface area contributed by atoms with Crippen LogP contribution in [0.1, 0.15) is 45.4 Å². The molecule has 2 atom stereocenters. The Labute approximate surface area is 209 Å². The number of hydrogen-bond acceptors (Lipinski definition) is 6. The second-order valence-electron chi connectivity index (χ2n) is 8.61. The van der Waals surface area contributed by atoms with Crippen LogP contribution in [0.5, 0.6) is 17.4 Å². The maximum atomic E-state index is 10.6. The second-order valence-corrected chi connectivity index (χ2v) is 8.61. The van der Waals surface area contributed by atoms with Gasteiger partial charge in [0.2, 0.25) is 5.88 Å². The van der Waals surface area contributed by atoms with Crippen molar-refractivity contribution in [2.75, 3.05) is 26.9 Å². The highest BCUT2D eigenvalue weighted by Gasteiger charge is 2.25. The number of aliphatic hydroxyl groups is 1. The van der Waals surface area contributed by atoms with E-state index in [4.69, 9.17) is 19.3 Å². The average molecular weight is 482 g/mol. The van der Waals surface area contributed by atoms with Gasteiger partial charge in [-0.1, -0.05) is 32.0 Å². The van der Waals surface area contributed by atoms with E-state index in [1.165, 1.54) is 0 Å². The smallest absolute Gasteiger partial charge is 0.227 e. The molecule has 2 unspecified atom stereocenters. The van der Waals surface area contributed by atoms with E-state index < -0.39 is 6.10 Å². The lowest BCUT2D eigenvalue weighted by atomic mass is 10.1. The molecule has 1 heterocycles. The van der Waals surface area contributed by atoms with Crippen molar-refractivity contribution in [3.8, 4) is 23.1 Å². The van der Waals surface area contributed by atoms with E-state index in [9.17, 15) is 5.11 Å². The minimum atomic E-state index is -0.566. The zero-order valence-electron chi connectivity index (χ0n) is 21.6. The second kappa shape index (κ2) is 13.3. The largest absolute Gasteiger partial charge is 0.497 e. The molecular weight excluding hydrogens is 442 g/mol. The van der Waals surface area contributed by atoms with Gasteiger partial charge in [-0.15, -0.1) is 0 Å². The molecule has 1 aromatic heterocycles. The lowest BCUT2D eigenvalue weighted by molar-refractivity contribution is 0.0111. The van der Waals surface area contributed by atoms with Crippen molar-refractivity contribution in [3.05, 3.63) is 65.9 Å². The van der Waals surface area contributed by atoms with Crippen LogP contribution in [0.15, 0.2) is 54.6 Å². The lowest BCUT2D eigenvalue weighted by Crippen LogP contribution is -2.40. The van der Waals surface area contributed by atoms with Gasteiger partial charge in [0.15, 0.2) is 0 Å². The van der Waals surface area contributed by atoms with Gasteiger partial charge in [0.05, 0.1) is 36.8 Å². The summed E-state index contributed by atoms with van der Waals surface area (Å²) in [5, 5.41) is 15.6. The Morgan fingerprint density at radius 3 is 2.29 bits per heavy atom. The molecule has 1 N–H and O–H groups in total. The number of methoxy groups -OCH3 is 1. The van der Waals surface area contributed by atoms with Crippen molar-refractivity contribution >= 4 is 0 Å². The maximum absolute atomic E-state index is 10.6. The molecule has 2 aromatic carbocycles. The third-order valence-electron chi connectivity index (χ3n) is 6.16. The van der Waals surface area contributed by atoms with Gasteiger partial charge in [-0.3, -0.25) is 4.90 Å². The van der Waals surface area contributed by atoms with E-state index in [1.807, 2.05) is 66.2 Å². The molecule has 0 aliphatic carbocycles. The number of rotatable bonds is 14. The lowest BCUT2D eigenvalue weighted by Gasteiger charge is -2.30. The van der Waals surface area contributed by atoms with E-state index in [-0.39, 0.29) is 6.04 Å². The number of aliphatic hydroxyl groups excluding tert-OH is 1. The Bertz CT molecular complexity index is 1020. The Morgan fingerprint density at radius 1 is 1.00 bits per heavy atom. The number of nitrogens with zero attached hydrogens (tertiary/aromatic N) is 3. The first kappa shape index (κ1) is 26.7. The molecule has 0 aliphatic heterocycles. The van der Waals surface area contributed by atoms with Gasteiger partial charge in [0.25, 0.3) is 0 Å². The molecule has 3 rings (SSSR count). The van der Waals surface area contributed by atoms with Crippen LogP contribution < -0.4 is 9.47 Å². The fraction of sp³-hybridized carbons (Fsp3) is 0.464. The van der Waals surface area contributed by atoms with Gasteiger partial charge in [0, 0.05) is 25.7 Å². The van der Waals surface area contributed by atoms with Crippen LogP contribution in [0, 0.1) is 0 Å². The molecule has 0 bridgehead atoms. The van der Waals surface area contributed by atoms with Crippen molar-refractivity contribution in [2.24, 2.45) is 0 Å². The molecule has 0 saturated heterocycles. The minimum absolute atomic E-state index is 0.268. The Balaban J connectivity index is 2.02. The van der Waals surface area contributed by atoms with Crippen molar-refractivity contribution in [3.63, 3.8) is 0 Å². The van der Waals surface area contributed by atoms with Crippen LogP contribution in [-0.2, 0) is 17.7 Å². The molecular formula is C28H39N3O4. The quantitative estimate of drug-likeness (QED) is 0.340. The Morgan fingerprint density at radius 2 is 1.69 bits per heavy atom. The fourth-order valence-electron chi connectivity index (χ4n) is 3.96. The normalized spacial score (nSPS) is 13.1. The fourth-order valence-corrected chi connectivity index (χ4v) is 3.96. The number of para-hydroxylation sites is 1. The summed E-state index contributed by atoms with van der Waals surface area (Å²) in [7, 11) is 1.65. The summed E-state index contributed by atoms with van der Waals surface area (Å²) in [4.78, 5) is 2.29. The summed E-state index contributed by atoms with van der Waals surface area (Å²) in [5.74, 6) is 2.17. The topological polar surface area (TPSA) is 69.0 Å². The van der Waals surface area contributed by atoms with Gasteiger partial charge < -0.3 is 19.3 Å². The maximum Gasteiger partial charge on any atom is 0.227 e. The minimum Gasteiger partial charge on any atom is -0.497 e. The standard InChI is InChI=1S/C28H39N3O4/c1-6-21(4)30(18-23(32)20-34-8-3)19-26-27(7-2)29-31(22-12-10-9-11-13-22)28(26)35-25-16-14-24(33-5)15-17-25/h9-17,21,23,32H,6-8,18-20H2,1-5H3. The molecule has 0 amide bonds. The van der Waals surface area contributed by atoms with Crippen LogP contribution in [0.2, 0.25) is 0 Å². The van der Waals surface area contributed by atoms with Gasteiger partial charge in [-0.05, 0) is 63.1 Å². The van der Waals surface area contributed by atoms with E-state index in [0.29, 0.717) is 37.9 Å². The summed E-state index contributed by atoms with van der Waals surface area (Å²) in [5.41, 5.74) is 2.93. The van der Waals surface area contributed by atoms with Gasteiger partial charge in [-0.2, -0.15) is 5.10 Å². The molecule has 0 aliphatic rings. The third-order valence-corrected chi connectivity index (χ3v) is 6.16. The zero-order valence-corrected chi connectivity index (χ0v) is 21.6. The molecule has 3 aromatic rings. The van der Waals surface area contributed by atoms with Crippen LogP contribution in [0.25, 0.3) is 5.69 Å². The summed E-state index contributed by atoms with van der Waals surface area (Å²) in [6.45, 7) is 10.4. The Kier molecular flexibility index (Phi) is 10.1. The number of hydrogen-bond donors (Lipinski definition) is 1. The summed E-state index contributed by atoms with van der Waals surface area (Å²) < 4.78 is 19.1. The van der Waals surface area contributed by atoms with Crippen LogP contribution in [-0.4, -0.2) is 58.8 Å². The van der Waals surface area contributed by atoms with Crippen LogP contribution >= 0.6 is 0 Å². The van der Waals surface area contributed by atoms with Gasteiger partial charge >= 0.3 is 0 Å². The predicted molar refractivity (Wildman–Crippen MR) is 139 cm³/mol. The predicted octanol–water partition coefficient (Wildman–Crippen LogP) is 5.23. The number of benzene rings is 2. The van der Waals surface area contributed by atoms with E-state index in [1.54, 1.807) is 7.11 Å². The number of aryl methyl sites for hydroxylation is 1. The molecule has 0 saturated carbocycles. The van der Waals surface area contributed by atoms with Crippen molar-refractivity contribution in [1.29, 1.82) is 0 Å². The zero-order chi connectivity index (χ0) is 25.2. The highest BCUT2D eigenvalue weighted by atomic mass is 16.5. The SMILES string of the molecule is CCOCC(O)CN(Cc1c(CC)nn(-c2ccccc2)c1Oc1ccc(OC)cc1)C(C)CC. The summed E-state index contributed by atoms with van der Waals surface area (Å²) in [6.07, 6.45) is 1.16. The third kappa shape index (κ3) is 7.07. The number of ether oxygens (including phenoxy) is 3. The van der Waals surface area contributed by atoms with E-state index in [2.05, 4.69) is 25.7 Å². The monoisotopic (exact) mass is 481 g/mol. The van der Waals surface area contributed by atoms with Gasteiger partial charge in [-0.25, -0.2) is 4.68 Å². The molecule has 0 radical (unpaired) electrons. The molecule has 35 heavy (non-hydrogen) atoms. The first-order chi connectivity index (χ1) is 17.0. The molecule has 190 valence electrons. The van der Waals surface area contributed by atoms with Crippen molar-refractivity contribution < 1.29 is 19.3 Å². The van der Waals surface area contributed by atoms with Crippen molar-refractivity contribution in [2.45, 2.75) is 59.2 Å². The molecule has 7 nitrogen and oxygen atoms in total.